The molecule has 0 heterocycles. The Balaban J connectivity index is 12.1. The third-order valence-electron chi connectivity index (χ3n) is 7.01. The van der Waals surface area contributed by atoms with E-state index in [4.69, 9.17) is 0 Å². The normalized spacial score (nSPS) is 16.8. The molecule has 0 amide bonds. The molecular formula is H76B7P67. The van der Waals surface area contributed by atoms with Crippen molar-refractivity contribution in [3.63, 3.8) is 0 Å². The number of hydrogen-bond acceptors (Lipinski definition) is 0. The molecule has 74 heteroatoms. The van der Waals surface area contributed by atoms with Crippen LogP contribution in [0, 0.1) is 0 Å². The molecule has 0 aromatic carbocycles. The summed E-state index contributed by atoms with van der Waals surface area (Å²) in [6, 6.07) is 0. The van der Waals surface area contributed by atoms with Gasteiger partial charge in [0.1, 0.15) is 53.0 Å². The standard InChI is InChI=1S/B7H76P67/c1-39(2)58(40(3)4)67(57(37)38)72(68(59(41(5)6)42(7)8)60(43(9)10)44(11)12)74(71(65(53(29)30)54(31)32)66(55(33)34)56(35)36)73(69(61(45(13)14)46(15)16)62(47(17)18)48(19)20)70(63(49(21)22)50(23)24)64(51(25)26)52(27)28/h1-38H2. The van der Waals surface area contributed by atoms with Crippen molar-refractivity contribution in [2.45, 2.75) is 0 Å². The largest absolute Gasteiger partial charge is 0.155 e. The monoisotopic (exact) mass is 2230 g/mol. The summed E-state index contributed by atoms with van der Waals surface area (Å²) in [4.78, 5) is 0. The van der Waals surface area contributed by atoms with E-state index in [-0.39, 0.29) is 253 Å². The second-order valence-electron chi connectivity index (χ2n) is 13.4. The van der Waals surface area contributed by atoms with Gasteiger partial charge in [-0.2, -0.15) is 22.1 Å². The van der Waals surface area contributed by atoms with Crippen LogP contribution >= 0.6 is 530 Å². The predicted octanol–water partition coefficient (Wildman–Crippen LogP) is 34.7. The van der Waals surface area contributed by atoms with Crippen molar-refractivity contribution in [3.8, 4) is 0 Å². The molecule has 0 aromatic heterocycles. The topological polar surface area (TPSA) is 0 Å². The van der Waals surface area contributed by atoms with Crippen LogP contribution in [0.4, 0.5) is 0 Å². The zero-order chi connectivity index (χ0) is 58.8. The zero-order valence-electron chi connectivity index (χ0n) is 41.0. The van der Waals surface area contributed by atoms with Crippen molar-refractivity contribution >= 4 is 583 Å². The second-order valence-corrected chi connectivity index (χ2v) is 299. The molecule has 74 heavy (non-hydrogen) atoms. The molecule has 0 aromatic rings. The molecule has 0 bridgehead atoms. The summed E-state index contributed by atoms with van der Waals surface area (Å²) in [5.74, 6) is 0. The lowest BCUT2D eigenvalue weighted by atomic mass is 10.7. The van der Waals surface area contributed by atoms with Gasteiger partial charge in [0.2, 0.25) is 0 Å². The SMILES string of the molecule is BP(B)P(P(B)B)P(P(P)P)P(P(P(P(B)B)P(B)P)P(P(P)P)P(P)P)P(P(P(P(P)P)P(P)P)P(P(P)P)P(P)P)P(P(P(P(P)P)P(P)P)P(P(P)P)P(P)P)P(P(P(P)P)P(P)P)P(P(P)P)P(P)P. The Morgan fingerprint density at radius 2 is 0.230 bits per heavy atom. The smallest absolute Gasteiger partial charge is 0.145 e. The first kappa shape index (κ1) is 103. The van der Waals surface area contributed by atoms with E-state index in [1.165, 1.54) is 0 Å². The first-order valence-electron chi connectivity index (χ1n) is 18.1. The van der Waals surface area contributed by atoms with Gasteiger partial charge in [-0.1, -0.05) is 14.2 Å². The average molecular weight is 2230 g/mol. The Morgan fingerprint density at radius 3 is 0.338 bits per heavy atom. The molecule has 37 atom stereocenters. The third-order valence-corrected chi connectivity index (χ3v) is 501. The van der Waals surface area contributed by atoms with E-state index < -0.39 is 0 Å². The fraction of sp³-hybridized carbons (Fsp3) is 0. The number of hydrogen-bond donors (Lipinski definition) is 0. The van der Waals surface area contributed by atoms with Crippen molar-refractivity contribution in [2.75, 3.05) is 0 Å². The van der Waals surface area contributed by atoms with E-state index in [1.807, 2.05) is 0 Å². The zero-order valence-corrected chi connectivity index (χ0v) is 109. The van der Waals surface area contributed by atoms with E-state index in [1.54, 1.807) is 0 Å². The highest BCUT2D eigenvalue weighted by atomic mass is 33.6. The van der Waals surface area contributed by atoms with Crippen molar-refractivity contribution < 1.29 is 0 Å². The first-order valence-corrected chi connectivity index (χ1v) is 144. The van der Waals surface area contributed by atoms with Gasteiger partial charge in [-0.25, -0.2) is 0 Å². The maximum Gasteiger partial charge on any atom is 0.145 e. The summed E-state index contributed by atoms with van der Waals surface area (Å²) in [6.07, 6.45) is 0. The summed E-state index contributed by atoms with van der Waals surface area (Å²) in [5, 5.41) is 0. The Morgan fingerprint density at radius 1 is 0.122 bits per heavy atom. The van der Waals surface area contributed by atoms with E-state index in [9.17, 15) is 0 Å². The van der Waals surface area contributed by atoms with Crippen LogP contribution in [0.1, 0.15) is 0 Å². The highest BCUT2D eigenvalue weighted by Crippen LogP contribution is 3.50. The minimum absolute atomic E-state index is 0.0730. The molecule has 0 radical (unpaired) electrons. The highest BCUT2D eigenvalue weighted by Gasteiger charge is 2.63. The van der Waals surface area contributed by atoms with Gasteiger partial charge in [0.05, 0.1) is 0 Å². The maximum atomic E-state index is 3.83. The molecule has 0 saturated carbocycles. The fourth-order valence-corrected chi connectivity index (χ4v) is 1020. The first-order chi connectivity index (χ1) is 33.6. The quantitative estimate of drug-likeness (QED) is 0.0438. The van der Waals surface area contributed by atoms with Gasteiger partial charge in [0.15, 0.2) is 0 Å². The molecule has 0 rings (SSSR count). The van der Waals surface area contributed by atoms with Crippen molar-refractivity contribution in [3.05, 3.63) is 0 Å². The van der Waals surface area contributed by atoms with Gasteiger partial charge in [0.25, 0.3) is 0 Å². The summed E-state index contributed by atoms with van der Waals surface area (Å²) >= 11 is 0. The van der Waals surface area contributed by atoms with Crippen LogP contribution in [0.5, 0.6) is 0 Å². The van der Waals surface area contributed by atoms with Gasteiger partial charge in [-0.3, -0.25) is 0 Å². The van der Waals surface area contributed by atoms with E-state index in [0.29, 0.717) is 0 Å². The molecule has 0 fully saturated rings. The molecule has 0 nitrogen and oxygen atoms in total. The van der Waals surface area contributed by atoms with Gasteiger partial charge in [-0.15, -0.1) is 277 Å². The highest BCUT2D eigenvalue weighted by molar-refractivity contribution is 9.56. The van der Waals surface area contributed by atoms with Crippen LogP contribution in [-0.4, -0.2) is 53.0 Å². The van der Waals surface area contributed by atoms with Crippen LogP contribution in [-0.2, 0) is 0 Å². The van der Waals surface area contributed by atoms with Crippen molar-refractivity contribution in [2.24, 2.45) is 0 Å². The summed E-state index contributed by atoms with van der Waals surface area (Å²) < 4.78 is 0. The summed E-state index contributed by atoms with van der Waals surface area (Å²) in [5.41, 5.74) is 0. The molecule has 0 aliphatic heterocycles. The lowest BCUT2D eigenvalue weighted by Gasteiger charge is -2.62. The van der Waals surface area contributed by atoms with Crippen LogP contribution in [0.2, 0.25) is 0 Å². The van der Waals surface area contributed by atoms with Gasteiger partial charge < -0.3 is 0 Å². The second kappa shape index (κ2) is 55.7. The molecule has 0 aliphatic carbocycles. The molecule has 0 saturated heterocycles. The Labute approximate surface area is 573 Å². The third kappa shape index (κ3) is 35.5. The maximum absolute atomic E-state index is 3.83. The van der Waals surface area contributed by atoms with E-state index in [0.717, 1.165) is 0 Å². The Kier molecular flexibility index (Phi) is 77.7. The van der Waals surface area contributed by atoms with Crippen LogP contribution in [0.15, 0.2) is 0 Å². The Bertz CT molecular complexity index is 1260. The molecule has 0 aliphatic rings. The lowest BCUT2D eigenvalue weighted by molar-refractivity contribution is 4.28. The van der Waals surface area contributed by atoms with Crippen LogP contribution < -0.4 is 0 Å². The molecule has 432 valence electrons. The molecule has 0 N–H and O–H groups in total. The predicted molar refractivity (Wildman–Crippen MR) is 610 cm³/mol. The van der Waals surface area contributed by atoms with E-state index >= 15 is 0 Å². The minimum atomic E-state index is -0.344. The summed E-state index contributed by atoms with van der Waals surface area (Å²) in [7, 11) is 134. The van der Waals surface area contributed by atoms with Gasteiger partial charge in [-0.05, 0) is 217 Å². The fourth-order valence-electron chi connectivity index (χ4n) is 5.13. The van der Waals surface area contributed by atoms with Gasteiger partial charge >= 0.3 is 0 Å². The Hall–Kier alpha value is 29.3. The summed E-state index contributed by atoms with van der Waals surface area (Å²) in [6.45, 7) is -8.55. The van der Waals surface area contributed by atoms with Crippen LogP contribution in [0.25, 0.3) is 0 Å². The molecular weight excluding hydrogens is 2150 g/mol. The van der Waals surface area contributed by atoms with E-state index in [2.05, 4.69) is 330 Å². The molecule has 0 spiro atoms. The van der Waals surface area contributed by atoms with Crippen molar-refractivity contribution in [1.29, 1.82) is 0 Å². The van der Waals surface area contributed by atoms with Crippen molar-refractivity contribution in [1.82, 2.24) is 0 Å². The number of rotatable bonds is 35. The van der Waals surface area contributed by atoms with Gasteiger partial charge in [0, 0.05) is 0 Å². The minimum Gasteiger partial charge on any atom is -0.155 e. The average Bonchev–Trinajstić information content (AvgIpc) is 3.16. The molecule has 37 unspecified atom stereocenters. The van der Waals surface area contributed by atoms with Crippen LogP contribution in [0.3, 0.4) is 0 Å². The lowest BCUT2D eigenvalue weighted by Crippen LogP contribution is -1.78.